The van der Waals surface area contributed by atoms with Gasteiger partial charge in [-0.1, -0.05) is 11.3 Å². The summed E-state index contributed by atoms with van der Waals surface area (Å²) < 4.78 is 14.1. The van der Waals surface area contributed by atoms with E-state index in [-0.39, 0.29) is 24.9 Å². The van der Waals surface area contributed by atoms with Crippen molar-refractivity contribution in [2.45, 2.75) is 32.0 Å². The maximum absolute atomic E-state index is 14.1. The van der Waals surface area contributed by atoms with Gasteiger partial charge >= 0.3 is 0 Å². The third-order valence-electron chi connectivity index (χ3n) is 5.01. The lowest BCUT2D eigenvalue weighted by atomic mass is 10.0. The number of alkyl halides is 1. The van der Waals surface area contributed by atoms with E-state index in [4.69, 9.17) is 0 Å². The SMILES string of the molecule is CN[C@@H]1CCN(C(=O)Cc2cc3cc(-c4nnc(C)s4)ccc3nn2)C[C@H]1F. The summed E-state index contributed by atoms with van der Waals surface area (Å²) >= 11 is 1.53. The van der Waals surface area contributed by atoms with E-state index in [1.807, 2.05) is 31.2 Å². The quantitative estimate of drug-likeness (QED) is 0.723. The van der Waals surface area contributed by atoms with Crippen LogP contribution >= 0.6 is 11.3 Å². The van der Waals surface area contributed by atoms with Crippen LogP contribution < -0.4 is 5.32 Å². The molecule has 2 aromatic heterocycles. The van der Waals surface area contributed by atoms with Crippen molar-refractivity contribution in [3.8, 4) is 10.6 Å². The number of nitrogens with one attached hydrogen (secondary N) is 1. The minimum Gasteiger partial charge on any atom is -0.339 e. The molecule has 0 saturated carbocycles. The van der Waals surface area contributed by atoms with E-state index in [0.29, 0.717) is 18.7 Å². The number of likely N-dealkylation sites (tertiary alicyclic amines) is 1. The first kappa shape index (κ1) is 18.8. The molecule has 146 valence electrons. The van der Waals surface area contributed by atoms with Crippen LogP contribution in [0.2, 0.25) is 0 Å². The molecule has 28 heavy (non-hydrogen) atoms. The van der Waals surface area contributed by atoms with E-state index in [2.05, 4.69) is 25.7 Å². The normalized spacial score (nSPS) is 19.9. The van der Waals surface area contributed by atoms with E-state index in [1.165, 1.54) is 11.3 Å². The number of hydrogen-bond donors (Lipinski definition) is 1. The summed E-state index contributed by atoms with van der Waals surface area (Å²) in [4.78, 5) is 14.2. The van der Waals surface area contributed by atoms with Crippen molar-refractivity contribution in [2.75, 3.05) is 20.1 Å². The monoisotopic (exact) mass is 400 g/mol. The first-order chi connectivity index (χ1) is 13.5. The predicted octanol–water partition coefficient (Wildman–Crippen LogP) is 2.16. The molecule has 3 aromatic rings. The molecule has 7 nitrogen and oxygen atoms in total. The summed E-state index contributed by atoms with van der Waals surface area (Å²) in [6, 6.07) is 7.48. The highest BCUT2D eigenvalue weighted by Gasteiger charge is 2.30. The maximum Gasteiger partial charge on any atom is 0.228 e. The van der Waals surface area contributed by atoms with Crippen LogP contribution in [0, 0.1) is 6.92 Å². The molecule has 1 fully saturated rings. The summed E-state index contributed by atoms with van der Waals surface area (Å²) in [6.45, 7) is 2.58. The average Bonchev–Trinajstić information content (AvgIpc) is 3.13. The predicted molar refractivity (Wildman–Crippen MR) is 106 cm³/mol. The second-order valence-electron chi connectivity index (χ2n) is 6.95. The zero-order valence-electron chi connectivity index (χ0n) is 15.7. The van der Waals surface area contributed by atoms with Crippen molar-refractivity contribution in [2.24, 2.45) is 0 Å². The molecule has 4 rings (SSSR count). The molecule has 1 saturated heterocycles. The molecule has 0 bridgehead atoms. The molecule has 1 aliphatic heterocycles. The summed E-state index contributed by atoms with van der Waals surface area (Å²) in [5, 5.41) is 22.2. The minimum absolute atomic E-state index is 0.113. The second kappa shape index (κ2) is 7.84. The van der Waals surface area contributed by atoms with Gasteiger partial charge in [-0.2, -0.15) is 10.2 Å². The average molecular weight is 400 g/mol. The van der Waals surface area contributed by atoms with Gasteiger partial charge in [-0.15, -0.1) is 10.2 Å². The molecule has 0 radical (unpaired) electrons. The summed E-state index contributed by atoms with van der Waals surface area (Å²) in [7, 11) is 1.75. The van der Waals surface area contributed by atoms with Crippen LogP contribution in [0.25, 0.3) is 21.5 Å². The smallest absolute Gasteiger partial charge is 0.228 e. The van der Waals surface area contributed by atoms with Crippen LogP contribution in [-0.2, 0) is 11.2 Å². The van der Waals surface area contributed by atoms with Crippen molar-refractivity contribution in [1.29, 1.82) is 0 Å². The molecule has 0 aliphatic carbocycles. The highest BCUT2D eigenvalue weighted by Crippen LogP contribution is 2.26. The van der Waals surface area contributed by atoms with Crippen LogP contribution in [0.1, 0.15) is 17.1 Å². The van der Waals surface area contributed by atoms with E-state index in [9.17, 15) is 9.18 Å². The van der Waals surface area contributed by atoms with Gasteiger partial charge in [0, 0.05) is 23.5 Å². The topological polar surface area (TPSA) is 83.9 Å². The Morgan fingerprint density at radius 3 is 2.86 bits per heavy atom. The van der Waals surface area contributed by atoms with Crippen molar-refractivity contribution < 1.29 is 9.18 Å². The van der Waals surface area contributed by atoms with Crippen LogP contribution in [0.3, 0.4) is 0 Å². The summed E-state index contributed by atoms with van der Waals surface area (Å²) in [6.07, 6.45) is -0.331. The van der Waals surface area contributed by atoms with Gasteiger partial charge in [-0.3, -0.25) is 4.79 Å². The number of fused-ring (bicyclic) bond motifs is 1. The maximum atomic E-state index is 14.1. The molecule has 1 amide bonds. The second-order valence-corrected chi connectivity index (χ2v) is 8.13. The number of halogens is 1. The van der Waals surface area contributed by atoms with Crippen molar-refractivity contribution >= 4 is 28.1 Å². The molecular weight excluding hydrogens is 379 g/mol. The highest BCUT2D eigenvalue weighted by molar-refractivity contribution is 7.14. The lowest BCUT2D eigenvalue weighted by molar-refractivity contribution is -0.133. The van der Waals surface area contributed by atoms with Crippen LogP contribution in [0.15, 0.2) is 24.3 Å². The Morgan fingerprint density at radius 2 is 2.14 bits per heavy atom. The minimum atomic E-state index is -1.05. The lowest BCUT2D eigenvalue weighted by Gasteiger charge is -2.34. The van der Waals surface area contributed by atoms with Gasteiger partial charge in [0.05, 0.1) is 24.2 Å². The fraction of sp³-hybridized carbons (Fsp3) is 0.421. The number of piperidine rings is 1. The molecule has 1 aromatic carbocycles. The fourth-order valence-electron chi connectivity index (χ4n) is 3.44. The van der Waals surface area contributed by atoms with Gasteiger partial charge in [-0.25, -0.2) is 4.39 Å². The largest absolute Gasteiger partial charge is 0.339 e. The van der Waals surface area contributed by atoms with E-state index < -0.39 is 6.17 Å². The van der Waals surface area contributed by atoms with Gasteiger partial charge in [0.15, 0.2) is 0 Å². The third kappa shape index (κ3) is 3.85. The number of aryl methyl sites for hydroxylation is 1. The summed E-state index contributed by atoms with van der Waals surface area (Å²) in [5.41, 5.74) is 2.28. The molecule has 2 atom stereocenters. The number of hydrogen-bond acceptors (Lipinski definition) is 7. The third-order valence-corrected chi connectivity index (χ3v) is 5.89. The molecule has 9 heteroatoms. The van der Waals surface area contributed by atoms with Gasteiger partial charge in [0.25, 0.3) is 0 Å². The molecule has 0 unspecified atom stereocenters. The zero-order valence-corrected chi connectivity index (χ0v) is 16.5. The number of rotatable bonds is 4. The van der Waals surface area contributed by atoms with E-state index in [1.54, 1.807) is 11.9 Å². The van der Waals surface area contributed by atoms with Crippen molar-refractivity contribution in [3.63, 3.8) is 0 Å². The Bertz CT molecular complexity index is 1010. The Kier molecular flexibility index (Phi) is 5.27. The molecule has 3 heterocycles. The standard InChI is InChI=1S/C19H21FN6OS/c1-11-22-25-19(28-11)12-3-4-16-13(7-12)8-14(23-24-16)9-18(27)26-6-5-17(21-2)15(20)10-26/h3-4,7-8,15,17,21H,5-6,9-10H2,1-2H3/t15-,17-/m1/s1. The van der Waals surface area contributed by atoms with Gasteiger partial charge in [-0.05, 0) is 44.7 Å². The van der Waals surface area contributed by atoms with E-state index in [0.717, 1.165) is 26.5 Å². The lowest BCUT2D eigenvalue weighted by Crippen LogP contribution is -2.51. The highest BCUT2D eigenvalue weighted by atomic mass is 32.1. The Balaban J connectivity index is 1.51. The Morgan fingerprint density at radius 1 is 1.29 bits per heavy atom. The molecule has 1 aliphatic rings. The number of aromatic nitrogens is 4. The number of carbonyl (C=O) groups excluding carboxylic acids is 1. The zero-order chi connectivity index (χ0) is 19.7. The van der Waals surface area contributed by atoms with Crippen molar-refractivity contribution in [3.05, 3.63) is 35.0 Å². The van der Waals surface area contributed by atoms with E-state index >= 15 is 0 Å². The first-order valence-corrected chi connectivity index (χ1v) is 10.0. The van der Waals surface area contributed by atoms with Crippen LogP contribution in [0.4, 0.5) is 4.39 Å². The van der Waals surface area contributed by atoms with Gasteiger partial charge < -0.3 is 10.2 Å². The number of nitrogens with zero attached hydrogens (tertiary/aromatic N) is 5. The fourth-order valence-corrected chi connectivity index (χ4v) is 4.13. The number of carbonyl (C=O) groups is 1. The van der Waals surface area contributed by atoms with Crippen LogP contribution in [0.5, 0.6) is 0 Å². The number of benzene rings is 1. The van der Waals surface area contributed by atoms with Gasteiger partial charge in [0.2, 0.25) is 5.91 Å². The molecular formula is C19H21FN6OS. The molecule has 1 N–H and O–H groups in total. The first-order valence-electron chi connectivity index (χ1n) is 9.19. The summed E-state index contributed by atoms with van der Waals surface area (Å²) in [5.74, 6) is -0.123. The molecule has 0 spiro atoms. The Hall–Kier alpha value is -2.52. The Labute approximate surface area is 166 Å². The number of amides is 1. The van der Waals surface area contributed by atoms with Crippen molar-refractivity contribution in [1.82, 2.24) is 30.6 Å². The van der Waals surface area contributed by atoms with Gasteiger partial charge in [0.1, 0.15) is 16.2 Å². The van der Waals surface area contributed by atoms with Crippen LogP contribution in [-0.4, -0.2) is 63.6 Å².